The van der Waals surface area contributed by atoms with E-state index in [4.69, 9.17) is 16.0 Å². The van der Waals surface area contributed by atoms with E-state index < -0.39 is 6.04 Å². The second-order valence-electron chi connectivity index (χ2n) is 3.74. The third-order valence-corrected chi connectivity index (χ3v) is 2.12. The van der Waals surface area contributed by atoms with Crippen molar-refractivity contribution in [2.75, 3.05) is 19.7 Å². The van der Waals surface area contributed by atoms with Gasteiger partial charge in [0.15, 0.2) is 0 Å². The van der Waals surface area contributed by atoms with E-state index >= 15 is 0 Å². The molecular formula is C11H19N5O3. The minimum absolute atomic E-state index is 0.124. The van der Waals surface area contributed by atoms with E-state index in [1.807, 2.05) is 0 Å². The smallest absolute Gasteiger partial charge is 0.220 e. The van der Waals surface area contributed by atoms with Crippen LogP contribution in [0, 0.1) is 0 Å². The van der Waals surface area contributed by atoms with Crippen molar-refractivity contribution in [3.8, 4) is 0 Å². The number of amides is 1. The Hall–Kier alpha value is -2.05. The molecule has 0 bridgehead atoms. The molecule has 0 aliphatic heterocycles. The lowest BCUT2D eigenvalue weighted by atomic mass is 10.2. The molecule has 0 rings (SSSR count). The third-order valence-electron chi connectivity index (χ3n) is 2.12. The van der Waals surface area contributed by atoms with Crippen LogP contribution in [-0.2, 0) is 14.3 Å². The number of ether oxygens (including phenoxy) is 1. The van der Waals surface area contributed by atoms with E-state index in [1.165, 1.54) is 19.3 Å². The number of nitrogens with one attached hydrogen (secondary N) is 1. The van der Waals surface area contributed by atoms with Gasteiger partial charge in [0.1, 0.15) is 12.4 Å². The molecular weight excluding hydrogens is 250 g/mol. The summed E-state index contributed by atoms with van der Waals surface area (Å²) in [6.07, 6.45) is 3.62. The predicted molar refractivity (Wildman–Crippen MR) is 70.0 cm³/mol. The molecule has 0 radical (unpaired) electrons. The summed E-state index contributed by atoms with van der Waals surface area (Å²) in [6, 6.07) is -0.657. The van der Waals surface area contributed by atoms with Gasteiger partial charge >= 0.3 is 0 Å². The zero-order chi connectivity index (χ0) is 14.5. The fraction of sp³-hybridized carbons (Fsp3) is 0.636. The standard InChI is InChI=1S/C11H19N5O3/c1-9(17)10(12)4-7-19-8-6-14-11(18)3-2-5-15-16-13/h4,7,10H,2-3,5-6,8,12H2,1H3,(H,14,18)/b7-4+. The zero-order valence-electron chi connectivity index (χ0n) is 10.9. The highest BCUT2D eigenvalue weighted by Crippen LogP contribution is 1.90. The van der Waals surface area contributed by atoms with Gasteiger partial charge in [0.25, 0.3) is 0 Å². The molecule has 3 N–H and O–H groups in total. The molecule has 0 aromatic heterocycles. The monoisotopic (exact) mass is 269 g/mol. The van der Waals surface area contributed by atoms with E-state index in [0.29, 0.717) is 32.5 Å². The second-order valence-corrected chi connectivity index (χ2v) is 3.74. The highest BCUT2D eigenvalue weighted by molar-refractivity contribution is 5.83. The Morgan fingerprint density at radius 1 is 1.58 bits per heavy atom. The number of carbonyl (C=O) groups excluding carboxylic acids is 2. The minimum Gasteiger partial charge on any atom is -0.500 e. The number of nitrogens with two attached hydrogens (primary N) is 1. The average molecular weight is 269 g/mol. The Kier molecular flexibility index (Phi) is 9.87. The molecule has 0 heterocycles. The molecule has 0 fully saturated rings. The van der Waals surface area contributed by atoms with Crippen molar-refractivity contribution in [3.63, 3.8) is 0 Å². The van der Waals surface area contributed by atoms with Crippen LogP contribution in [0.15, 0.2) is 17.5 Å². The molecule has 106 valence electrons. The zero-order valence-corrected chi connectivity index (χ0v) is 10.9. The van der Waals surface area contributed by atoms with Crippen LogP contribution in [0.4, 0.5) is 0 Å². The van der Waals surface area contributed by atoms with Crippen molar-refractivity contribution < 1.29 is 14.3 Å². The normalized spacial score (nSPS) is 11.7. The molecule has 0 spiro atoms. The SMILES string of the molecule is CC(=O)C(N)/C=C/OCCNC(=O)CCCN=[N+]=[N-]. The number of hydrogen-bond donors (Lipinski definition) is 2. The first kappa shape index (κ1) is 16.9. The summed E-state index contributed by atoms with van der Waals surface area (Å²) >= 11 is 0. The van der Waals surface area contributed by atoms with Crippen LogP contribution >= 0.6 is 0 Å². The molecule has 0 aliphatic rings. The number of nitrogens with zero attached hydrogens (tertiary/aromatic N) is 3. The Morgan fingerprint density at radius 3 is 2.95 bits per heavy atom. The molecule has 8 nitrogen and oxygen atoms in total. The largest absolute Gasteiger partial charge is 0.500 e. The van der Waals surface area contributed by atoms with E-state index in [9.17, 15) is 9.59 Å². The van der Waals surface area contributed by atoms with Gasteiger partial charge in [-0.25, -0.2) is 0 Å². The molecule has 1 atom stereocenters. The van der Waals surface area contributed by atoms with Gasteiger partial charge in [-0.3, -0.25) is 9.59 Å². The maximum Gasteiger partial charge on any atom is 0.220 e. The first-order chi connectivity index (χ1) is 9.07. The van der Waals surface area contributed by atoms with Crippen molar-refractivity contribution in [1.82, 2.24) is 5.32 Å². The summed E-state index contributed by atoms with van der Waals surface area (Å²) in [5.74, 6) is -0.269. The molecule has 0 saturated heterocycles. The van der Waals surface area contributed by atoms with Crippen molar-refractivity contribution in [2.45, 2.75) is 25.8 Å². The van der Waals surface area contributed by atoms with Gasteiger partial charge in [-0.05, 0) is 25.0 Å². The summed E-state index contributed by atoms with van der Waals surface area (Å²) < 4.78 is 5.05. The van der Waals surface area contributed by atoms with Gasteiger partial charge in [-0.15, -0.1) is 0 Å². The molecule has 0 aromatic carbocycles. The van der Waals surface area contributed by atoms with Gasteiger partial charge in [0, 0.05) is 17.9 Å². The quantitative estimate of drug-likeness (QED) is 0.198. The molecule has 1 amide bonds. The molecule has 0 saturated carbocycles. The third kappa shape index (κ3) is 10.8. The van der Waals surface area contributed by atoms with Crippen LogP contribution in [0.2, 0.25) is 0 Å². The number of carbonyl (C=O) groups is 2. The maximum atomic E-state index is 11.3. The Bertz CT molecular complexity index is 363. The summed E-state index contributed by atoms with van der Waals surface area (Å²) in [5.41, 5.74) is 13.5. The van der Waals surface area contributed by atoms with Crippen LogP contribution in [0.25, 0.3) is 10.4 Å². The highest BCUT2D eigenvalue weighted by Gasteiger charge is 2.02. The van der Waals surface area contributed by atoms with Gasteiger partial charge < -0.3 is 15.8 Å². The van der Waals surface area contributed by atoms with Crippen molar-refractivity contribution in [3.05, 3.63) is 22.8 Å². The summed E-state index contributed by atoms with van der Waals surface area (Å²) in [5, 5.41) is 5.96. The fourth-order valence-corrected chi connectivity index (χ4v) is 1.04. The van der Waals surface area contributed by atoms with E-state index in [0.717, 1.165) is 0 Å². The van der Waals surface area contributed by atoms with Crippen LogP contribution < -0.4 is 11.1 Å². The van der Waals surface area contributed by atoms with E-state index in [1.54, 1.807) is 0 Å². The lowest BCUT2D eigenvalue weighted by Gasteiger charge is -2.05. The van der Waals surface area contributed by atoms with Gasteiger partial charge in [0.2, 0.25) is 5.91 Å². The van der Waals surface area contributed by atoms with Crippen LogP contribution in [0.3, 0.4) is 0 Å². The predicted octanol–water partition coefficient (Wildman–Crippen LogP) is 0.640. The average Bonchev–Trinajstić information content (AvgIpc) is 2.38. The fourth-order valence-electron chi connectivity index (χ4n) is 1.04. The number of Topliss-reactive ketones (excluding diaryl/α,β-unsaturated/α-hetero) is 1. The number of azide groups is 1. The molecule has 8 heteroatoms. The van der Waals surface area contributed by atoms with E-state index in [-0.39, 0.29) is 11.7 Å². The number of hydrogen-bond acceptors (Lipinski definition) is 5. The Labute approximate surface area is 111 Å². The number of ketones is 1. The van der Waals surface area contributed by atoms with Crippen molar-refractivity contribution in [1.29, 1.82) is 0 Å². The summed E-state index contributed by atoms with van der Waals surface area (Å²) in [7, 11) is 0. The maximum absolute atomic E-state index is 11.3. The van der Waals surface area contributed by atoms with Gasteiger partial charge in [-0.1, -0.05) is 5.11 Å². The molecule has 0 aromatic rings. The Morgan fingerprint density at radius 2 is 2.32 bits per heavy atom. The number of rotatable bonds is 10. The second kappa shape index (κ2) is 11.1. The highest BCUT2D eigenvalue weighted by atomic mass is 16.5. The lowest BCUT2D eigenvalue weighted by molar-refractivity contribution is -0.121. The van der Waals surface area contributed by atoms with Crippen LogP contribution in [0.1, 0.15) is 19.8 Å². The van der Waals surface area contributed by atoms with E-state index in [2.05, 4.69) is 15.3 Å². The molecule has 1 unspecified atom stereocenters. The van der Waals surface area contributed by atoms with Crippen LogP contribution in [0.5, 0.6) is 0 Å². The molecule has 19 heavy (non-hydrogen) atoms. The van der Waals surface area contributed by atoms with Crippen molar-refractivity contribution in [2.24, 2.45) is 10.8 Å². The molecule has 0 aliphatic carbocycles. The minimum atomic E-state index is -0.657. The van der Waals surface area contributed by atoms with Crippen molar-refractivity contribution >= 4 is 11.7 Å². The lowest BCUT2D eigenvalue weighted by Crippen LogP contribution is -2.27. The summed E-state index contributed by atoms with van der Waals surface area (Å²) in [4.78, 5) is 24.6. The van der Waals surface area contributed by atoms with Crippen LogP contribution in [-0.4, -0.2) is 37.4 Å². The first-order valence-electron chi connectivity index (χ1n) is 5.89. The van der Waals surface area contributed by atoms with Gasteiger partial charge in [0.05, 0.1) is 18.8 Å². The topological polar surface area (TPSA) is 130 Å². The summed E-state index contributed by atoms with van der Waals surface area (Å²) in [6.45, 7) is 2.36. The first-order valence-corrected chi connectivity index (χ1v) is 5.89. The Balaban J connectivity index is 3.50. The van der Waals surface area contributed by atoms with Gasteiger partial charge in [-0.2, -0.15) is 0 Å².